The van der Waals surface area contributed by atoms with Gasteiger partial charge in [0.2, 0.25) is 0 Å². The van der Waals surface area contributed by atoms with Crippen LogP contribution >= 0.6 is 24.8 Å². The molecule has 0 aliphatic carbocycles. The summed E-state index contributed by atoms with van der Waals surface area (Å²) < 4.78 is 6.90. The maximum atomic E-state index is 4.97. The van der Waals surface area contributed by atoms with Crippen molar-refractivity contribution >= 4 is 24.8 Å². The first-order valence-corrected chi connectivity index (χ1v) is 4.50. The van der Waals surface area contributed by atoms with Crippen molar-refractivity contribution < 1.29 is 4.74 Å². The Kier molecular flexibility index (Phi) is 6.84. The molecule has 5 nitrogen and oxygen atoms in total. The molecule has 88 valence electrons. The third-order valence-corrected chi connectivity index (χ3v) is 2.26. The van der Waals surface area contributed by atoms with Gasteiger partial charge >= 0.3 is 0 Å². The number of hydrogen-bond acceptors (Lipinski definition) is 4. The van der Waals surface area contributed by atoms with Crippen LogP contribution in [0.2, 0.25) is 0 Å². The lowest BCUT2D eigenvalue weighted by atomic mass is 10.3. The van der Waals surface area contributed by atoms with Gasteiger partial charge in [0.05, 0.1) is 18.8 Å². The van der Waals surface area contributed by atoms with Crippen molar-refractivity contribution in [3.8, 4) is 0 Å². The average molecular weight is 255 g/mol. The van der Waals surface area contributed by atoms with E-state index in [0.717, 1.165) is 25.2 Å². The van der Waals surface area contributed by atoms with Crippen LogP contribution < -0.4 is 5.32 Å². The van der Waals surface area contributed by atoms with Gasteiger partial charge in [-0.1, -0.05) is 5.21 Å². The summed E-state index contributed by atoms with van der Waals surface area (Å²) in [6.45, 7) is 2.61. The van der Waals surface area contributed by atoms with Crippen molar-refractivity contribution in [1.82, 2.24) is 20.3 Å². The predicted octanol–water partition coefficient (Wildman–Crippen LogP) is 0.802. The molecule has 1 aliphatic rings. The maximum Gasteiger partial charge on any atom is 0.108 e. The fourth-order valence-electron chi connectivity index (χ4n) is 1.57. The number of hydrogen-bond donors (Lipinski definition) is 1. The molecule has 0 aromatic carbocycles. The van der Waals surface area contributed by atoms with Crippen LogP contribution in [-0.2, 0) is 11.3 Å². The molecular formula is C8H16Cl2N4O. The van der Waals surface area contributed by atoms with Crippen LogP contribution in [0.15, 0.2) is 6.20 Å². The van der Waals surface area contributed by atoms with E-state index in [0.29, 0.717) is 12.6 Å². The highest BCUT2D eigenvalue weighted by atomic mass is 35.5. The lowest BCUT2D eigenvalue weighted by Gasteiger charge is -2.05. The van der Waals surface area contributed by atoms with Gasteiger partial charge in [-0.15, -0.1) is 29.9 Å². The summed E-state index contributed by atoms with van der Waals surface area (Å²) in [5, 5.41) is 11.4. The van der Waals surface area contributed by atoms with Gasteiger partial charge in [0, 0.05) is 13.7 Å². The summed E-state index contributed by atoms with van der Waals surface area (Å²) in [5.41, 5.74) is 0.898. The van der Waals surface area contributed by atoms with Crippen LogP contribution in [0.25, 0.3) is 0 Å². The highest BCUT2D eigenvalue weighted by Crippen LogP contribution is 2.13. The van der Waals surface area contributed by atoms with Crippen molar-refractivity contribution in [2.45, 2.75) is 19.1 Å². The molecule has 1 atom stereocenters. The van der Waals surface area contributed by atoms with Crippen LogP contribution in [0.5, 0.6) is 0 Å². The van der Waals surface area contributed by atoms with E-state index in [4.69, 9.17) is 4.74 Å². The molecule has 0 bridgehead atoms. The minimum Gasteiger partial charge on any atom is -0.378 e. The number of nitrogens with one attached hydrogen (secondary N) is 1. The lowest BCUT2D eigenvalue weighted by molar-refractivity contribution is 0.181. The Morgan fingerprint density at radius 2 is 2.40 bits per heavy atom. The van der Waals surface area contributed by atoms with E-state index < -0.39 is 0 Å². The molecule has 15 heavy (non-hydrogen) atoms. The van der Waals surface area contributed by atoms with Gasteiger partial charge in [0.1, 0.15) is 5.69 Å². The monoisotopic (exact) mass is 254 g/mol. The molecule has 1 aromatic rings. The molecule has 1 N–H and O–H groups in total. The lowest BCUT2D eigenvalue weighted by Crippen LogP contribution is -2.13. The third-order valence-electron chi connectivity index (χ3n) is 2.26. The molecule has 1 unspecified atom stereocenters. The quantitative estimate of drug-likeness (QED) is 0.868. The van der Waals surface area contributed by atoms with Crippen molar-refractivity contribution in [3.05, 3.63) is 11.9 Å². The van der Waals surface area contributed by atoms with E-state index in [9.17, 15) is 0 Å². The van der Waals surface area contributed by atoms with E-state index in [-0.39, 0.29) is 24.8 Å². The highest BCUT2D eigenvalue weighted by molar-refractivity contribution is 5.85. The zero-order valence-corrected chi connectivity index (χ0v) is 10.2. The largest absolute Gasteiger partial charge is 0.378 e. The van der Waals surface area contributed by atoms with Crippen LogP contribution in [0.3, 0.4) is 0 Å². The second-order valence-corrected chi connectivity index (χ2v) is 3.27. The van der Waals surface area contributed by atoms with Gasteiger partial charge < -0.3 is 10.1 Å². The zero-order valence-electron chi connectivity index (χ0n) is 8.55. The number of methoxy groups -OCH3 is 1. The Morgan fingerprint density at radius 3 is 3.00 bits per heavy atom. The fraction of sp³-hybridized carbons (Fsp3) is 0.750. The Bertz CT molecular complexity index is 275. The molecule has 1 fully saturated rings. The molecule has 2 heterocycles. The first-order valence-electron chi connectivity index (χ1n) is 4.50. The minimum atomic E-state index is 0. The second kappa shape index (κ2) is 7.00. The first kappa shape index (κ1) is 14.6. The SMILES string of the molecule is COCc1cn(C2CCNC2)nn1.Cl.Cl. The predicted molar refractivity (Wildman–Crippen MR) is 61.8 cm³/mol. The van der Waals surface area contributed by atoms with Crippen LogP contribution in [-0.4, -0.2) is 35.2 Å². The smallest absolute Gasteiger partial charge is 0.108 e. The minimum absolute atomic E-state index is 0. The standard InChI is InChI=1S/C8H14N4O.2ClH/c1-13-6-7-5-12(11-10-7)8-2-3-9-4-8;;/h5,8-9H,2-4,6H2,1H3;2*1H. The number of halogens is 2. The number of aromatic nitrogens is 3. The van der Waals surface area contributed by atoms with E-state index in [1.165, 1.54) is 0 Å². The van der Waals surface area contributed by atoms with Crippen molar-refractivity contribution in [2.24, 2.45) is 0 Å². The molecule has 1 aromatic heterocycles. The van der Waals surface area contributed by atoms with Crippen LogP contribution in [0, 0.1) is 0 Å². The van der Waals surface area contributed by atoms with Gasteiger partial charge in [-0.2, -0.15) is 0 Å². The number of ether oxygens (including phenoxy) is 1. The summed E-state index contributed by atoms with van der Waals surface area (Å²) in [6.07, 6.45) is 3.09. The molecular weight excluding hydrogens is 239 g/mol. The highest BCUT2D eigenvalue weighted by Gasteiger charge is 2.17. The molecule has 7 heteroatoms. The van der Waals surface area contributed by atoms with Crippen LogP contribution in [0.1, 0.15) is 18.2 Å². The molecule has 0 spiro atoms. The third kappa shape index (κ3) is 3.61. The second-order valence-electron chi connectivity index (χ2n) is 3.27. The average Bonchev–Trinajstić information content (AvgIpc) is 2.70. The first-order chi connectivity index (χ1) is 6.40. The van der Waals surface area contributed by atoms with Gasteiger partial charge in [-0.25, -0.2) is 4.68 Å². The topological polar surface area (TPSA) is 52.0 Å². The molecule has 2 rings (SSSR count). The van der Waals surface area contributed by atoms with Crippen molar-refractivity contribution in [1.29, 1.82) is 0 Å². The normalized spacial score (nSPS) is 19.4. The van der Waals surface area contributed by atoms with Crippen LogP contribution in [0.4, 0.5) is 0 Å². The van der Waals surface area contributed by atoms with Crippen molar-refractivity contribution in [2.75, 3.05) is 20.2 Å². The van der Waals surface area contributed by atoms with Gasteiger partial charge in [-0.3, -0.25) is 0 Å². The Morgan fingerprint density at radius 1 is 1.60 bits per heavy atom. The summed E-state index contributed by atoms with van der Waals surface area (Å²) in [6, 6.07) is 0.470. The molecule has 0 saturated carbocycles. The Balaban J connectivity index is 0.000000980. The molecule has 1 saturated heterocycles. The molecule has 1 aliphatic heterocycles. The Hall–Kier alpha value is -0.360. The zero-order chi connectivity index (χ0) is 9.10. The molecule has 0 amide bonds. The summed E-state index contributed by atoms with van der Waals surface area (Å²) >= 11 is 0. The number of nitrogens with zero attached hydrogens (tertiary/aromatic N) is 3. The maximum absolute atomic E-state index is 4.97. The van der Waals surface area contributed by atoms with Gasteiger partial charge in [0.25, 0.3) is 0 Å². The number of rotatable bonds is 3. The van der Waals surface area contributed by atoms with Gasteiger partial charge in [0.15, 0.2) is 0 Å². The fourth-order valence-corrected chi connectivity index (χ4v) is 1.57. The van der Waals surface area contributed by atoms with E-state index >= 15 is 0 Å². The van der Waals surface area contributed by atoms with E-state index in [1.807, 2.05) is 10.9 Å². The summed E-state index contributed by atoms with van der Waals surface area (Å²) in [7, 11) is 1.66. The van der Waals surface area contributed by atoms with E-state index in [1.54, 1.807) is 7.11 Å². The summed E-state index contributed by atoms with van der Waals surface area (Å²) in [5.74, 6) is 0. The Labute approximate surface area is 101 Å². The molecule has 0 radical (unpaired) electrons. The summed E-state index contributed by atoms with van der Waals surface area (Å²) in [4.78, 5) is 0. The van der Waals surface area contributed by atoms with Gasteiger partial charge in [-0.05, 0) is 13.0 Å². The van der Waals surface area contributed by atoms with Crippen molar-refractivity contribution in [3.63, 3.8) is 0 Å². The van der Waals surface area contributed by atoms with E-state index in [2.05, 4.69) is 15.6 Å².